The van der Waals surface area contributed by atoms with Crippen LogP contribution in [0.5, 0.6) is 0 Å². The van der Waals surface area contributed by atoms with E-state index in [0.29, 0.717) is 11.9 Å². The summed E-state index contributed by atoms with van der Waals surface area (Å²) in [5, 5.41) is 10.6. The summed E-state index contributed by atoms with van der Waals surface area (Å²) in [5.74, 6) is 0.764. The number of hydrogen-bond donors (Lipinski definition) is 1. The molecule has 0 atom stereocenters. The average Bonchev–Trinajstić information content (AvgIpc) is 3.94. The Labute approximate surface area is 349 Å². The van der Waals surface area contributed by atoms with Gasteiger partial charge in [0.1, 0.15) is 0 Å². The molecule has 4 heterocycles. The molecule has 0 bridgehead atoms. The third-order valence-electron chi connectivity index (χ3n) is 11.8. The standard InChI is InChI=1S/C52H34ClN7/c1-32-35(28-29-40-37-21-9-13-25-44(37)58(47(32)40)33-16-4-2-5-17-33)36-20-8-12-24-43(36)54-51-55-50(53)56-52(57-51)60-46-27-15-11-23-39(46)42-31-30-41-38-22-10-14-26-45(38)59(48(41)49(42)60)34-18-6-3-7-19-34/h2-31H,1H3,(H,54,55,56,57). The Balaban J connectivity index is 1.05. The second-order valence-corrected chi connectivity index (χ2v) is 15.5. The Bertz CT molecular complexity index is 3660. The zero-order valence-corrected chi connectivity index (χ0v) is 33.1. The first-order valence-corrected chi connectivity index (χ1v) is 20.4. The Hall–Kier alpha value is -7.74. The highest BCUT2D eigenvalue weighted by atomic mass is 35.5. The number of nitrogens with zero attached hydrogens (tertiary/aromatic N) is 6. The molecule has 0 amide bonds. The van der Waals surface area contributed by atoms with Crippen LogP contribution in [-0.4, -0.2) is 28.7 Å². The summed E-state index contributed by atoms with van der Waals surface area (Å²) in [6.07, 6.45) is 0. The van der Waals surface area contributed by atoms with Gasteiger partial charge in [0.15, 0.2) is 0 Å². The van der Waals surface area contributed by atoms with Crippen molar-refractivity contribution in [3.63, 3.8) is 0 Å². The van der Waals surface area contributed by atoms with E-state index < -0.39 is 0 Å². The van der Waals surface area contributed by atoms with Gasteiger partial charge in [-0.2, -0.15) is 15.0 Å². The van der Waals surface area contributed by atoms with Gasteiger partial charge in [-0.3, -0.25) is 4.57 Å². The lowest BCUT2D eigenvalue weighted by molar-refractivity contribution is 0.947. The van der Waals surface area contributed by atoms with E-state index in [1.54, 1.807) is 0 Å². The maximum absolute atomic E-state index is 6.88. The van der Waals surface area contributed by atoms with Crippen molar-refractivity contribution in [1.82, 2.24) is 28.7 Å². The summed E-state index contributed by atoms with van der Waals surface area (Å²) < 4.78 is 6.85. The topological polar surface area (TPSA) is 65.5 Å². The molecule has 0 fully saturated rings. The predicted molar refractivity (Wildman–Crippen MR) is 248 cm³/mol. The van der Waals surface area contributed by atoms with Crippen LogP contribution >= 0.6 is 11.6 Å². The normalized spacial score (nSPS) is 11.8. The smallest absolute Gasteiger partial charge is 0.240 e. The number of fused-ring (bicyclic) bond motifs is 10. The fourth-order valence-electron chi connectivity index (χ4n) is 9.36. The van der Waals surface area contributed by atoms with Crippen LogP contribution in [0.25, 0.3) is 93.9 Å². The van der Waals surface area contributed by atoms with E-state index in [2.05, 4.69) is 201 Å². The highest BCUT2D eigenvalue weighted by molar-refractivity contribution is 6.28. The SMILES string of the molecule is Cc1c(-c2ccccc2Nc2nc(Cl)nc(-n3c4ccccc4c4ccc5c6ccccc6n(-c6ccccc6)c5c43)n2)ccc2c3ccccc3n(-c3ccccc3)c12. The summed E-state index contributed by atoms with van der Waals surface area (Å²) in [5.41, 5.74) is 12.8. The molecule has 0 aliphatic heterocycles. The molecule has 8 aromatic carbocycles. The molecule has 0 unspecified atom stereocenters. The van der Waals surface area contributed by atoms with E-state index in [4.69, 9.17) is 21.6 Å². The number of hydrogen-bond acceptors (Lipinski definition) is 4. The molecule has 60 heavy (non-hydrogen) atoms. The summed E-state index contributed by atoms with van der Waals surface area (Å²) >= 11 is 6.88. The van der Waals surface area contributed by atoms with E-state index in [1.807, 2.05) is 12.1 Å². The van der Waals surface area contributed by atoms with E-state index in [1.165, 1.54) is 32.8 Å². The summed E-state index contributed by atoms with van der Waals surface area (Å²) in [6, 6.07) is 63.9. The third kappa shape index (κ3) is 5.13. The van der Waals surface area contributed by atoms with Crippen molar-refractivity contribution in [2.75, 3.05) is 5.32 Å². The number of para-hydroxylation sites is 6. The van der Waals surface area contributed by atoms with Gasteiger partial charge >= 0.3 is 0 Å². The number of nitrogens with one attached hydrogen (secondary N) is 1. The number of anilines is 2. The van der Waals surface area contributed by atoms with Crippen molar-refractivity contribution in [2.24, 2.45) is 0 Å². The van der Waals surface area contributed by atoms with Gasteiger partial charge in [0.25, 0.3) is 0 Å². The molecule has 4 aromatic heterocycles. The van der Waals surface area contributed by atoms with Crippen LogP contribution in [0.4, 0.5) is 11.6 Å². The molecule has 0 radical (unpaired) electrons. The van der Waals surface area contributed by atoms with Crippen LogP contribution in [0.15, 0.2) is 182 Å². The summed E-state index contributed by atoms with van der Waals surface area (Å²) in [6.45, 7) is 2.21. The Morgan fingerprint density at radius 2 is 0.867 bits per heavy atom. The lowest BCUT2D eigenvalue weighted by Crippen LogP contribution is -2.08. The Morgan fingerprint density at radius 3 is 1.48 bits per heavy atom. The van der Waals surface area contributed by atoms with Crippen LogP contribution in [0, 0.1) is 6.92 Å². The number of rotatable bonds is 6. The van der Waals surface area contributed by atoms with Gasteiger partial charge in [0.05, 0.1) is 33.1 Å². The molecule has 0 aliphatic carbocycles. The quantitative estimate of drug-likeness (QED) is 0.182. The molecule has 0 saturated carbocycles. The first-order valence-electron chi connectivity index (χ1n) is 20.0. The lowest BCUT2D eigenvalue weighted by atomic mass is 9.96. The van der Waals surface area contributed by atoms with E-state index >= 15 is 0 Å². The average molecular weight is 792 g/mol. The van der Waals surface area contributed by atoms with Gasteiger partial charge in [0.2, 0.25) is 17.2 Å². The van der Waals surface area contributed by atoms with Crippen molar-refractivity contribution >= 4 is 88.7 Å². The minimum Gasteiger partial charge on any atom is -0.323 e. The van der Waals surface area contributed by atoms with Crippen molar-refractivity contribution in [3.8, 4) is 28.5 Å². The Kier molecular flexibility index (Phi) is 7.67. The van der Waals surface area contributed by atoms with E-state index in [9.17, 15) is 0 Å². The molecule has 0 aliphatic rings. The van der Waals surface area contributed by atoms with Crippen molar-refractivity contribution in [3.05, 3.63) is 193 Å². The maximum Gasteiger partial charge on any atom is 0.240 e. The van der Waals surface area contributed by atoms with Crippen molar-refractivity contribution in [1.29, 1.82) is 0 Å². The lowest BCUT2D eigenvalue weighted by Gasteiger charge is -2.16. The second kappa shape index (κ2) is 13.4. The molecule has 284 valence electrons. The van der Waals surface area contributed by atoms with Crippen LogP contribution in [0.2, 0.25) is 5.28 Å². The minimum atomic E-state index is 0.0895. The fraction of sp³-hybridized carbons (Fsp3) is 0.0192. The molecule has 12 rings (SSSR count). The highest BCUT2D eigenvalue weighted by Crippen LogP contribution is 2.43. The van der Waals surface area contributed by atoms with Gasteiger partial charge in [0, 0.05) is 54.9 Å². The molecule has 0 saturated heterocycles. The van der Waals surface area contributed by atoms with Gasteiger partial charge < -0.3 is 14.5 Å². The summed E-state index contributed by atoms with van der Waals surface area (Å²) in [4.78, 5) is 14.6. The highest BCUT2D eigenvalue weighted by Gasteiger charge is 2.24. The third-order valence-corrected chi connectivity index (χ3v) is 12.0. The van der Waals surface area contributed by atoms with Crippen LogP contribution < -0.4 is 5.32 Å². The zero-order valence-electron chi connectivity index (χ0n) is 32.4. The van der Waals surface area contributed by atoms with Gasteiger partial charge in [-0.15, -0.1) is 0 Å². The van der Waals surface area contributed by atoms with Gasteiger partial charge in [-0.05, 0) is 78.2 Å². The Morgan fingerprint density at radius 1 is 0.400 bits per heavy atom. The molecule has 7 nitrogen and oxygen atoms in total. The first-order chi connectivity index (χ1) is 29.6. The van der Waals surface area contributed by atoms with Crippen LogP contribution in [-0.2, 0) is 0 Å². The van der Waals surface area contributed by atoms with Crippen LogP contribution in [0.1, 0.15) is 5.56 Å². The number of halogens is 1. The largest absolute Gasteiger partial charge is 0.323 e. The van der Waals surface area contributed by atoms with Gasteiger partial charge in [-0.25, -0.2) is 0 Å². The number of aromatic nitrogens is 6. The van der Waals surface area contributed by atoms with Crippen molar-refractivity contribution < 1.29 is 0 Å². The maximum atomic E-state index is 6.88. The molecular formula is C52H34ClN7. The number of aryl methyl sites for hydroxylation is 1. The monoisotopic (exact) mass is 791 g/mol. The minimum absolute atomic E-state index is 0.0895. The second-order valence-electron chi connectivity index (χ2n) is 15.1. The fourth-order valence-corrected chi connectivity index (χ4v) is 9.51. The van der Waals surface area contributed by atoms with Crippen LogP contribution in [0.3, 0.4) is 0 Å². The zero-order chi connectivity index (χ0) is 39.9. The van der Waals surface area contributed by atoms with E-state index in [0.717, 1.165) is 66.4 Å². The van der Waals surface area contributed by atoms with E-state index in [-0.39, 0.29) is 5.28 Å². The molecule has 1 N–H and O–H groups in total. The molecule has 0 spiro atoms. The molecular weight excluding hydrogens is 758 g/mol. The number of benzene rings is 8. The molecule has 12 aromatic rings. The first kappa shape index (κ1) is 34.3. The molecule has 8 heteroatoms. The summed E-state index contributed by atoms with van der Waals surface area (Å²) in [7, 11) is 0. The van der Waals surface area contributed by atoms with Gasteiger partial charge in [-0.1, -0.05) is 133 Å². The van der Waals surface area contributed by atoms with Crippen molar-refractivity contribution in [2.45, 2.75) is 6.92 Å². The predicted octanol–water partition coefficient (Wildman–Crippen LogP) is 13.5.